The summed E-state index contributed by atoms with van der Waals surface area (Å²) in [6.07, 6.45) is 1.82. The molecule has 0 bridgehead atoms. The van der Waals surface area contributed by atoms with Crippen molar-refractivity contribution in [2.45, 2.75) is 32.7 Å². The Morgan fingerprint density at radius 2 is 2.05 bits per heavy atom. The maximum absolute atomic E-state index is 13.7. The highest BCUT2D eigenvalue weighted by atomic mass is 79.9. The van der Waals surface area contributed by atoms with Crippen LogP contribution in [0.2, 0.25) is 0 Å². The quantitative estimate of drug-likeness (QED) is 0.786. The van der Waals surface area contributed by atoms with Gasteiger partial charge in [-0.1, -0.05) is 13.8 Å². The molecule has 104 valence electrons. The number of rotatable bonds is 5. The molecular formula is C14H16BrF2NO. The molecule has 2 aromatic rings. The van der Waals surface area contributed by atoms with Gasteiger partial charge >= 0.3 is 0 Å². The zero-order chi connectivity index (χ0) is 14.0. The van der Waals surface area contributed by atoms with E-state index in [1.165, 1.54) is 0 Å². The van der Waals surface area contributed by atoms with Crippen LogP contribution in [0.4, 0.5) is 8.78 Å². The Kier molecular flexibility index (Phi) is 4.58. The molecule has 0 amide bonds. The molecule has 0 aliphatic carbocycles. The second-order valence-electron chi connectivity index (χ2n) is 4.46. The van der Waals surface area contributed by atoms with Gasteiger partial charge in [0.05, 0.1) is 6.04 Å². The lowest BCUT2D eigenvalue weighted by Crippen LogP contribution is -2.20. The van der Waals surface area contributed by atoms with Gasteiger partial charge in [-0.25, -0.2) is 4.39 Å². The smallest absolute Gasteiger partial charge is 0.201 e. The fourth-order valence-corrected chi connectivity index (χ4v) is 2.54. The van der Waals surface area contributed by atoms with E-state index in [-0.39, 0.29) is 11.6 Å². The first-order valence-electron chi connectivity index (χ1n) is 6.38. The molecule has 1 N–H and O–H groups in total. The van der Waals surface area contributed by atoms with E-state index in [9.17, 15) is 8.78 Å². The maximum atomic E-state index is 13.7. The molecule has 0 spiro atoms. The Labute approximate surface area is 119 Å². The van der Waals surface area contributed by atoms with Crippen LogP contribution in [0, 0.1) is 11.6 Å². The van der Waals surface area contributed by atoms with Crippen molar-refractivity contribution in [2.24, 2.45) is 0 Å². The maximum Gasteiger partial charge on any atom is 0.201 e. The fraction of sp³-hybridized carbons (Fsp3) is 0.429. The molecule has 0 saturated carbocycles. The van der Waals surface area contributed by atoms with Crippen molar-refractivity contribution in [1.82, 2.24) is 5.32 Å². The zero-order valence-corrected chi connectivity index (χ0v) is 12.5. The number of hydrogen-bond acceptors (Lipinski definition) is 2. The Balaban J connectivity index is 2.45. The van der Waals surface area contributed by atoms with Crippen LogP contribution in [0.3, 0.4) is 0 Å². The second-order valence-corrected chi connectivity index (χ2v) is 5.32. The number of nitrogens with one attached hydrogen (secondary N) is 1. The third kappa shape index (κ3) is 2.82. The molecule has 0 fully saturated rings. The molecule has 19 heavy (non-hydrogen) atoms. The summed E-state index contributed by atoms with van der Waals surface area (Å²) in [6, 6.07) is 2.90. The topological polar surface area (TPSA) is 25.2 Å². The van der Waals surface area contributed by atoms with Crippen LogP contribution in [0.5, 0.6) is 0 Å². The van der Waals surface area contributed by atoms with Crippen LogP contribution >= 0.6 is 15.9 Å². The van der Waals surface area contributed by atoms with E-state index in [4.69, 9.17) is 4.42 Å². The summed E-state index contributed by atoms with van der Waals surface area (Å²) in [4.78, 5) is 0. The monoisotopic (exact) mass is 331 g/mol. The standard InChI is InChI=1S/C14H16BrF2NO/c1-3-5-18-11(4-2)12-6-8-9(15)7-10(16)13(17)14(8)19-12/h6-7,11,18H,3-5H2,1-2H3. The van der Waals surface area contributed by atoms with Crippen LogP contribution in [-0.2, 0) is 0 Å². The molecule has 2 nitrogen and oxygen atoms in total. The van der Waals surface area contributed by atoms with Crippen molar-refractivity contribution < 1.29 is 13.2 Å². The first kappa shape index (κ1) is 14.5. The number of fused-ring (bicyclic) bond motifs is 1. The lowest BCUT2D eigenvalue weighted by molar-refractivity contribution is 0.410. The molecule has 0 aliphatic heterocycles. The van der Waals surface area contributed by atoms with Gasteiger partial charge in [-0.15, -0.1) is 0 Å². The van der Waals surface area contributed by atoms with E-state index >= 15 is 0 Å². The number of hydrogen-bond donors (Lipinski definition) is 1. The average Bonchev–Trinajstić information content (AvgIpc) is 2.83. The minimum absolute atomic E-state index is 0.0155. The number of benzene rings is 1. The molecular weight excluding hydrogens is 316 g/mol. The van der Waals surface area contributed by atoms with Crippen LogP contribution in [0.25, 0.3) is 11.0 Å². The van der Waals surface area contributed by atoms with Gasteiger partial charge in [0.15, 0.2) is 11.4 Å². The highest BCUT2D eigenvalue weighted by Gasteiger charge is 2.19. The van der Waals surface area contributed by atoms with Gasteiger partial charge in [-0.3, -0.25) is 0 Å². The van der Waals surface area contributed by atoms with Crippen molar-refractivity contribution in [2.75, 3.05) is 6.54 Å². The van der Waals surface area contributed by atoms with Crippen molar-refractivity contribution in [3.05, 3.63) is 34.0 Å². The van der Waals surface area contributed by atoms with Crippen molar-refractivity contribution in [1.29, 1.82) is 0 Å². The molecule has 0 radical (unpaired) electrons. The Morgan fingerprint density at radius 3 is 2.68 bits per heavy atom. The highest BCUT2D eigenvalue weighted by Crippen LogP contribution is 2.33. The van der Waals surface area contributed by atoms with E-state index in [2.05, 4.69) is 28.2 Å². The third-order valence-corrected chi connectivity index (χ3v) is 3.72. The van der Waals surface area contributed by atoms with Gasteiger partial charge in [0.25, 0.3) is 0 Å². The predicted octanol–water partition coefficient (Wildman–Crippen LogP) is 4.92. The molecule has 0 saturated heterocycles. The lowest BCUT2D eigenvalue weighted by Gasteiger charge is -2.13. The normalized spacial score (nSPS) is 13.1. The van der Waals surface area contributed by atoms with Gasteiger partial charge in [-0.2, -0.15) is 4.39 Å². The number of furan rings is 1. The summed E-state index contributed by atoms with van der Waals surface area (Å²) in [5.74, 6) is -1.21. The first-order valence-corrected chi connectivity index (χ1v) is 7.18. The summed E-state index contributed by atoms with van der Waals surface area (Å²) in [5, 5.41) is 3.89. The average molecular weight is 332 g/mol. The van der Waals surface area contributed by atoms with Crippen molar-refractivity contribution >= 4 is 26.9 Å². The van der Waals surface area contributed by atoms with E-state index in [0.717, 1.165) is 25.5 Å². The zero-order valence-electron chi connectivity index (χ0n) is 10.9. The summed E-state index contributed by atoms with van der Waals surface area (Å²) in [7, 11) is 0. The van der Waals surface area contributed by atoms with E-state index in [0.29, 0.717) is 15.6 Å². The lowest BCUT2D eigenvalue weighted by atomic mass is 10.1. The Hall–Kier alpha value is -0.940. The highest BCUT2D eigenvalue weighted by molar-refractivity contribution is 9.10. The number of halogens is 3. The summed E-state index contributed by atoms with van der Waals surface area (Å²) < 4.78 is 33.0. The molecule has 5 heteroatoms. The largest absolute Gasteiger partial charge is 0.456 e. The predicted molar refractivity (Wildman–Crippen MR) is 75.2 cm³/mol. The van der Waals surface area contributed by atoms with Crippen molar-refractivity contribution in [3.63, 3.8) is 0 Å². The first-order chi connectivity index (χ1) is 9.08. The van der Waals surface area contributed by atoms with Crippen LogP contribution in [-0.4, -0.2) is 6.54 Å². The van der Waals surface area contributed by atoms with Crippen LogP contribution in [0.15, 0.2) is 21.0 Å². The molecule has 1 aromatic heterocycles. The molecule has 1 atom stereocenters. The molecule has 1 aromatic carbocycles. The third-order valence-electron chi connectivity index (χ3n) is 3.06. The van der Waals surface area contributed by atoms with E-state index in [1.807, 2.05) is 6.92 Å². The van der Waals surface area contributed by atoms with Gasteiger partial charge in [0.2, 0.25) is 5.82 Å². The van der Waals surface area contributed by atoms with Crippen molar-refractivity contribution in [3.8, 4) is 0 Å². The van der Waals surface area contributed by atoms with Gasteiger partial charge < -0.3 is 9.73 Å². The van der Waals surface area contributed by atoms with E-state index < -0.39 is 11.6 Å². The van der Waals surface area contributed by atoms with Crippen LogP contribution in [0.1, 0.15) is 38.5 Å². The van der Waals surface area contributed by atoms with Gasteiger partial charge in [0, 0.05) is 9.86 Å². The Morgan fingerprint density at radius 1 is 1.32 bits per heavy atom. The summed E-state index contributed by atoms with van der Waals surface area (Å²) >= 11 is 3.23. The minimum Gasteiger partial charge on any atom is -0.456 e. The SMILES string of the molecule is CCCNC(CC)c1cc2c(Br)cc(F)c(F)c2o1. The summed E-state index contributed by atoms with van der Waals surface area (Å²) in [5.41, 5.74) is -0.0291. The summed E-state index contributed by atoms with van der Waals surface area (Å²) in [6.45, 7) is 4.95. The Bertz CT molecular complexity index is 582. The second kappa shape index (κ2) is 6.01. The van der Waals surface area contributed by atoms with Crippen LogP contribution < -0.4 is 5.32 Å². The molecule has 1 unspecified atom stereocenters. The molecule has 0 aliphatic rings. The fourth-order valence-electron chi connectivity index (χ4n) is 2.05. The van der Waals surface area contributed by atoms with E-state index in [1.54, 1.807) is 6.07 Å². The minimum atomic E-state index is -0.935. The molecule has 1 heterocycles. The van der Waals surface area contributed by atoms with Gasteiger partial charge in [0.1, 0.15) is 5.76 Å². The van der Waals surface area contributed by atoms with Gasteiger partial charge in [-0.05, 0) is 47.4 Å². The molecule has 2 rings (SSSR count).